The number of hydrogen-bond acceptors (Lipinski definition) is 2. The van der Waals surface area contributed by atoms with Crippen LogP contribution in [0.1, 0.15) is 6.42 Å². The quantitative estimate of drug-likeness (QED) is 0.895. The van der Waals surface area contributed by atoms with Gasteiger partial charge in [-0.2, -0.15) is 0 Å². The van der Waals surface area contributed by atoms with E-state index in [2.05, 4.69) is 5.32 Å². The van der Waals surface area contributed by atoms with Crippen molar-refractivity contribution in [2.45, 2.75) is 6.42 Å². The number of nitrogens with one attached hydrogen (secondary N) is 1. The van der Waals surface area contributed by atoms with Crippen LogP contribution in [0.15, 0.2) is 54.6 Å². The van der Waals surface area contributed by atoms with Crippen LogP contribution in [0.25, 0.3) is 0 Å². The first-order chi connectivity index (χ1) is 9.24. The third-order valence-corrected chi connectivity index (χ3v) is 2.45. The van der Waals surface area contributed by atoms with Crippen molar-refractivity contribution >= 4 is 11.6 Å². The van der Waals surface area contributed by atoms with Crippen molar-refractivity contribution in [3.8, 4) is 5.75 Å². The summed E-state index contributed by atoms with van der Waals surface area (Å²) in [6.45, 7) is 0.210. The van der Waals surface area contributed by atoms with Gasteiger partial charge in [-0.1, -0.05) is 24.3 Å². The van der Waals surface area contributed by atoms with E-state index in [0.29, 0.717) is 5.75 Å². The molecule has 19 heavy (non-hydrogen) atoms. The van der Waals surface area contributed by atoms with Gasteiger partial charge in [-0.15, -0.1) is 0 Å². The molecule has 1 amide bonds. The maximum Gasteiger partial charge on any atom is 0.227 e. The maximum atomic E-state index is 12.9. The van der Waals surface area contributed by atoms with E-state index in [0.717, 1.165) is 5.69 Å². The van der Waals surface area contributed by atoms with Crippen LogP contribution in [0.2, 0.25) is 0 Å². The molecule has 0 fully saturated rings. The van der Waals surface area contributed by atoms with Gasteiger partial charge in [0.05, 0.1) is 13.0 Å². The predicted molar refractivity (Wildman–Crippen MR) is 71.6 cm³/mol. The summed E-state index contributed by atoms with van der Waals surface area (Å²) in [5.74, 6) is -0.0682. The fourth-order valence-electron chi connectivity index (χ4n) is 1.56. The molecule has 0 aromatic heterocycles. The van der Waals surface area contributed by atoms with Gasteiger partial charge in [0.1, 0.15) is 11.6 Å². The van der Waals surface area contributed by atoms with Crippen LogP contribution in [0.5, 0.6) is 5.75 Å². The SMILES string of the molecule is O=C(CCOc1cccc(F)c1)Nc1ccccc1. The van der Waals surface area contributed by atoms with Crippen molar-refractivity contribution in [1.29, 1.82) is 0 Å². The molecule has 0 bridgehead atoms. The lowest BCUT2D eigenvalue weighted by molar-refractivity contribution is -0.116. The largest absolute Gasteiger partial charge is 0.493 e. The molecule has 0 radical (unpaired) electrons. The van der Waals surface area contributed by atoms with Gasteiger partial charge in [0.2, 0.25) is 5.91 Å². The molecular weight excluding hydrogens is 245 g/mol. The number of para-hydroxylation sites is 1. The van der Waals surface area contributed by atoms with E-state index in [1.807, 2.05) is 30.3 Å². The highest BCUT2D eigenvalue weighted by molar-refractivity contribution is 5.90. The van der Waals surface area contributed by atoms with Crippen LogP contribution in [0.4, 0.5) is 10.1 Å². The Hall–Kier alpha value is -2.36. The van der Waals surface area contributed by atoms with E-state index in [1.54, 1.807) is 12.1 Å². The third-order valence-electron chi connectivity index (χ3n) is 2.45. The average molecular weight is 259 g/mol. The normalized spacial score (nSPS) is 9.95. The standard InChI is InChI=1S/C15H14FNO2/c16-12-5-4-8-14(11-12)19-10-9-15(18)17-13-6-2-1-3-7-13/h1-8,11H,9-10H2,(H,17,18). The molecule has 0 aliphatic rings. The summed E-state index contributed by atoms with van der Waals surface area (Å²) in [7, 11) is 0. The second kappa shape index (κ2) is 6.54. The summed E-state index contributed by atoms with van der Waals surface area (Å²) in [6.07, 6.45) is 0.214. The molecule has 2 rings (SSSR count). The Bertz CT molecular complexity index is 543. The Labute approximate surface area is 111 Å². The van der Waals surface area contributed by atoms with Crippen LogP contribution in [-0.4, -0.2) is 12.5 Å². The summed E-state index contributed by atoms with van der Waals surface area (Å²) in [5, 5.41) is 2.75. The van der Waals surface area contributed by atoms with Crippen molar-refractivity contribution in [1.82, 2.24) is 0 Å². The lowest BCUT2D eigenvalue weighted by Gasteiger charge is -2.07. The van der Waals surface area contributed by atoms with Crippen molar-refractivity contribution in [2.24, 2.45) is 0 Å². The minimum Gasteiger partial charge on any atom is -0.493 e. The van der Waals surface area contributed by atoms with E-state index in [1.165, 1.54) is 12.1 Å². The van der Waals surface area contributed by atoms with Crippen LogP contribution in [-0.2, 0) is 4.79 Å². The molecule has 0 aliphatic heterocycles. The molecule has 3 nitrogen and oxygen atoms in total. The van der Waals surface area contributed by atoms with Crippen molar-refractivity contribution in [2.75, 3.05) is 11.9 Å². The van der Waals surface area contributed by atoms with Crippen LogP contribution in [0, 0.1) is 5.82 Å². The van der Waals surface area contributed by atoms with Crippen molar-refractivity contribution < 1.29 is 13.9 Å². The number of rotatable bonds is 5. The molecule has 0 heterocycles. The van der Waals surface area contributed by atoms with Crippen LogP contribution >= 0.6 is 0 Å². The molecule has 0 aliphatic carbocycles. The molecule has 2 aromatic carbocycles. The topological polar surface area (TPSA) is 38.3 Å². The second-order valence-electron chi connectivity index (χ2n) is 3.97. The van der Waals surface area contributed by atoms with Crippen molar-refractivity contribution in [3.05, 3.63) is 60.4 Å². The Kier molecular flexibility index (Phi) is 4.50. The number of carbonyl (C=O) groups excluding carboxylic acids is 1. The second-order valence-corrected chi connectivity index (χ2v) is 3.97. The molecule has 0 spiro atoms. The Morgan fingerprint density at radius 3 is 2.63 bits per heavy atom. The zero-order valence-corrected chi connectivity index (χ0v) is 10.3. The highest BCUT2D eigenvalue weighted by Gasteiger charge is 2.03. The Balaban J connectivity index is 1.75. The maximum absolute atomic E-state index is 12.9. The molecule has 0 unspecified atom stereocenters. The Morgan fingerprint density at radius 1 is 1.11 bits per heavy atom. The minimum atomic E-state index is -0.355. The molecule has 4 heteroatoms. The van der Waals surface area contributed by atoms with Gasteiger partial charge in [-0.05, 0) is 24.3 Å². The molecule has 1 N–H and O–H groups in total. The van der Waals surface area contributed by atoms with Crippen LogP contribution in [0.3, 0.4) is 0 Å². The highest BCUT2D eigenvalue weighted by Crippen LogP contribution is 2.12. The summed E-state index contributed by atoms with van der Waals surface area (Å²) in [5.41, 5.74) is 0.748. The third kappa shape index (κ3) is 4.43. The van der Waals surface area contributed by atoms with Gasteiger partial charge in [0, 0.05) is 11.8 Å². The summed E-state index contributed by atoms with van der Waals surface area (Å²) >= 11 is 0. The van der Waals surface area contributed by atoms with Gasteiger partial charge < -0.3 is 10.1 Å². The smallest absolute Gasteiger partial charge is 0.227 e. The zero-order valence-electron chi connectivity index (χ0n) is 10.3. The van der Waals surface area contributed by atoms with E-state index < -0.39 is 0 Å². The Morgan fingerprint density at radius 2 is 1.89 bits per heavy atom. The van der Waals surface area contributed by atoms with Crippen LogP contribution < -0.4 is 10.1 Å². The number of carbonyl (C=O) groups is 1. The number of anilines is 1. The monoisotopic (exact) mass is 259 g/mol. The van der Waals surface area contributed by atoms with Crippen molar-refractivity contribution in [3.63, 3.8) is 0 Å². The fourth-order valence-corrected chi connectivity index (χ4v) is 1.56. The van der Waals surface area contributed by atoms with Gasteiger partial charge in [-0.25, -0.2) is 4.39 Å². The minimum absolute atomic E-state index is 0.136. The number of ether oxygens (including phenoxy) is 1. The molecule has 0 saturated heterocycles. The summed E-state index contributed by atoms with van der Waals surface area (Å²) in [6, 6.07) is 15.0. The number of benzene rings is 2. The number of amides is 1. The molecule has 2 aromatic rings. The molecular formula is C15H14FNO2. The summed E-state index contributed by atoms with van der Waals surface area (Å²) < 4.78 is 18.2. The highest BCUT2D eigenvalue weighted by atomic mass is 19.1. The molecule has 98 valence electrons. The number of halogens is 1. The summed E-state index contributed by atoms with van der Waals surface area (Å²) in [4.78, 5) is 11.6. The lowest BCUT2D eigenvalue weighted by Crippen LogP contribution is -2.15. The predicted octanol–water partition coefficient (Wildman–Crippen LogP) is 3.23. The first-order valence-electron chi connectivity index (χ1n) is 5.97. The van der Waals surface area contributed by atoms with E-state index in [-0.39, 0.29) is 24.8 Å². The van der Waals surface area contributed by atoms with E-state index >= 15 is 0 Å². The van der Waals surface area contributed by atoms with Gasteiger partial charge >= 0.3 is 0 Å². The van der Waals surface area contributed by atoms with E-state index in [4.69, 9.17) is 4.74 Å². The van der Waals surface area contributed by atoms with E-state index in [9.17, 15) is 9.18 Å². The first kappa shape index (κ1) is 13.1. The zero-order chi connectivity index (χ0) is 13.5. The lowest BCUT2D eigenvalue weighted by atomic mass is 10.3. The number of hydrogen-bond donors (Lipinski definition) is 1. The molecule has 0 saturated carbocycles. The fraction of sp³-hybridized carbons (Fsp3) is 0.133. The average Bonchev–Trinajstić information content (AvgIpc) is 2.40. The van der Waals surface area contributed by atoms with Gasteiger partial charge in [-0.3, -0.25) is 4.79 Å². The van der Waals surface area contributed by atoms with Gasteiger partial charge in [0.15, 0.2) is 0 Å². The molecule has 0 atom stereocenters. The first-order valence-corrected chi connectivity index (χ1v) is 5.97. The van der Waals surface area contributed by atoms with Gasteiger partial charge in [0.25, 0.3) is 0 Å².